The fraction of sp³-hybridized carbons (Fsp3) is 0.100. The molecule has 16 heavy (non-hydrogen) atoms. The number of aromatic nitrogens is 3. The maximum Gasteiger partial charge on any atom is 0.358 e. The quantitative estimate of drug-likeness (QED) is 0.803. The van der Waals surface area contributed by atoms with E-state index in [9.17, 15) is 4.79 Å². The van der Waals surface area contributed by atoms with Crippen LogP contribution in [-0.4, -0.2) is 26.5 Å². The number of H-pyrrole nitrogens is 1. The Labute approximate surface area is 90.9 Å². The van der Waals surface area contributed by atoms with Gasteiger partial charge in [-0.25, -0.2) is 4.79 Å². The van der Waals surface area contributed by atoms with Crippen molar-refractivity contribution in [2.24, 2.45) is 0 Å². The molecule has 0 fully saturated rings. The van der Waals surface area contributed by atoms with Gasteiger partial charge >= 0.3 is 5.97 Å². The molecular weight excluding hydrogens is 210 g/mol. The van der Waals surface area contributed by atoms with Crippen LogP contribution in [0.15, 0.2) is 30.3 Å². The van der Waals surface area contributed by atoms with E-state index in [-0.39, 0.29) is 18.0 Å². The van der Waals surface area contributed by atoms with Gasteiger partial charge in [-0.1, -0.05) is 18.2 Å². The van der Waals surface area contributed by atoms with Gasteiger partial charge in [0.05, 0.1) is 0 Å². The SMILES string of the molecule is O=C(O)c1n[nH]nc1COc1ccccc1. The van der Waals surface area contributed by atoms with E-state index < -0.39 is 5.97 Å². The van der Waals surface area contributed by atoms with Crippen LogP contribution in [0.1, 0.15) is 16.2 Å². The summed E-state index contributed by atoms with van der Waals surface area (Å²) in [5.41, 5.74) is 0.160. The number of carbonyl (C=O) groups is 1. The first-order valence-corrected chi connectivity index (χ1v) is 4.58. The molecule has 1 aromatic carbocycles. The molecule has 82 valence electrons. The van der Waals surface area contributed by atoms with Crippen molar-refractivity contribution < 1.29 is 14.6 Å². The van der Waals surface area contributed by atoms with Crippen LogP contribution in [0.4, 0.5) is 0 Å². The first kappa shape index (κ1) is 10.2. The first-order chi connectivity index (χ1) is 7.77. The summed E-state index contributed by atoms with van der Waals surface area (Å²) in [4.78, 5) is 10.7. The third kappa shape index (κ3) is 2.17. The number of aromatic carboxylic acids is 1. The fourth-order valence-electron chi connectivity index (χ4n) is 1.19. The zero-order valence-electron chi connectivity index (χ0n) is 8.25. The smallest absolute Gasteiger partial charge is 0.358 e. The zero-order valence-corrected chi connectivity index (χ0v) is 8.25. The maximum atomic E-state index is 10.7. The van der Waals surface area contributed by atoms with Gasteiger partial charge in [0.1, 0.15) is 18.1 Å². The lowest BCUT2D eigenvalue weighted by Crippen LogP contribution is -2.05. The van der Waals surface area contributed by atoms with Crippen LogP contribution in [0.2, 0.25) is 0 Å². The highest BCUT2D eigenvalue weighted by molar-refractivity contribution is 5.86. The van der Waals surface area contributed by atoms with Gasteiger partial charge in [-0.15, -0.1) is 5.10 Å². The molecule has 0 bridgehead atoms. The van der Waals surface area contributed by atoms with Crippen molar-refractivity contribution in [3.05, 3.63) is 41.7 Å². The Hall–Kier alpha value is -2.37. The largest absolute Gasteiger partial charge is 0.487 e. The number of hydrogen-bond acceptors (Lipinski definition) is 4. The topological polar surface area (TPSA) is 88.1 Å². The Morgan fingerprint density at radius 1 is 1.31 bits per heavy atom. The van der Waals surface area contributed by atoms with Gasteiger partial charge in [0.15, 0.2) is 5.69 Å². The number of carboxylic acids is 1. The third-order valence-electron chi connectivity index (χ3n) is 1.94. The molecule has 0 spiro atoms. The van der Waals surface area contributed by atoms with E-state index in [4.69, 9.17) is 9.84 Å². The number of benzene rings is 1. The Kier molecular flexibility index (Phi) is 2.81. The highest BCUT2D eigenvalue weighted by atomic mass is 16.5. The maximum absolute atomic E-state index is 10.7. The van der Waals surface area contributed by atoms with Crippen LogP contribution in [0.3, 0.4) is 0 Å². The number of ether oxygens (including phenoxy) is 1. The predicted octanol–water partition coefficient (Wildman–Crippen LogP) is 1.08. The lowest BCUT2D eigenvalue weighted by atomic mass is 10.3. The standard InChI is InChI=1S/C10H9N3O3/c14-10(15)9-8(11-13-12-9)6-16-7-4-2-1-3-5-7/h1-5H,6H2,(H,14,15)(H,11,12,13). The Morgan fingerprint density at radius 3 is 2.75 bits per heavy atom. The number of nitrogens with zero attached hydrogens (tertiary/aromatic N) is 2. The van der Waals surface area contributed by atoms with E-state index >= 15 is 0 Å². The minimum absolute atomic E-state index is 0.0716. The number of para-hydroxylation sites is 1. The van der Waals surface area contributed by atoms with Crippen molar-refractivity contribution in [1.82, 2.24) is 15.4 Å². The Morgan fingerprint density at radius 2 is 2.06 bits per heavy atom. The molecule has 0 amide bonds. The number of nitrogens with one attached hydrogen (secondary N) is 1. The van der Waals surface area contributed by atoms with E-state index in [1.807, 2.05) is 18.2 Å². The second-order valence-corrected chi connectivity index (χ2v) is 3.03. The third-order valence-corrected chi connectivity index (χ3v) is 1.94. The summed E-state index contributed by atoms with van der Waals surface area (Å²) in [6, 6.07) is 9.08. The summed E-state index contributed by atoms with van der Waals surface area (Å²) in [6.07, 6.45) is 0. The number of carboxylic acid groups (broad SMARTS) is 1. The fourth-order valence-corrected chi connectivity index (χ4v) is 1.19. The van der Waals surface area contributed by atoms with E-state index in [1.54, 1.807) is 12.1 Å². The Bertz CT molecular complexity index is 481. The average Bonchev–Trinajstić information content (AvgIpc) is 2.76. The lowest BCUT2D eigenvalue weighted by molar-refractivity contribution is 0.0687. The van der Waals surface area contributed by atoms with Crippen LogP contribution in [0.25, 0.3) is 0 Å². The lowest BCUT2D eigenvalue weighted by Gasteiger charge is -2.03. The number of aromatic amines is 1. The molecule has 0 saturated heterocycles. The predicted molar refractivity (Wildman–Crippen MR) is 54.1 cm³/mol. The summed E-state index contributed by atoms with van der Waals surface area (Å²) < 4.78 is 5.36. The summed E-state index contributed by atoms with van der Waals surface area (Å²) >= 11 is 0. The Balaban J connectivity index is 2.05. The van der Waals surface area contributed by atoms with Gasteiger partial charge in [-0.2, -0.15) is 10.3 Å². The molecular formula is C10H9N3O3. The van der Waals surface area contributed by atoms with Crippen molar-refractivity contribution in [3.8, 4) is 5.75 Å². The molecule has 0 aliphatic carbocycles. The molecule has 0 unspecified atom stereocenters. The van der Waals surface area contributed by atoms with E-state index in [0.717, 1.165) is 0 Å². The van der Waals surface area contributed by atoms with Crippen LogP contribution in [0.5, 0.6) is 5.75 Å². The molecule has 2 aromatic rings. The average molecular weight is 219 g/mol. The molecule has 2 N–H and O–H groups in total. The van der Waals surface area contributed by atoms with Crippen LogP contribution in [-0.2, 0) is 6.61 Å². The number of hydrogen-bond donors (Lipinski definition) is 2. The molecule has 1 heterocycles. The molecule has 1 aromatic heterocycles. The molecule has 0 saturated carbocycles. The van der Waals surface area contributed by atoms with Crippen molar-refractivity contribution >= 4 is 5.97 Å². The molecule has 2 rings (SSSR count). The van der Waals surface area contributed by atoms with Gasteiger partial charge in [0.2, 0.25) is 0 Å². The summed E-state index contributed by atoms with van der Waals surface area (Å²) in [7, 11) is 0. The van der Waals surface area contributed by atoms with Gasteiger partial charge in [-0.3, -0.25) is 0 Å². The zero-order chi connectivity index (χ0) is 11.4. The van der Waals surface area contributed by atoms with Crippen molar-refractivity contribution in [1.29, 1.82) is 0 Å². The van der Waals surface area contributed by atoms with E-state index in [1.165, 1.54) is 0 Å². The van der Waals surface area contributed by atoms with Gasteiger partial charge in [-0.05, 0) is 12.1 Å². The summed E-state index contributed by atoms with van der Waals surface area (Å²) in [5, 5.41) is 18.3. The number of rotatable bonds is 4. The van der Waals surface area contributed by atoms with Crippen LogP contribution < -0.4 is 4.74 Å². The molecule has 0 radical (unpaired) electrons. The second kappa shape index (κ2) is 4.43. The van der Waals surface area contributed by atoms with Crippen LogP contribution >= 0.6 is 0 Å². The first-order valence-electron chi connectivity index (χ1n) is 4.58. The molecule has 6 heteroatoms. The van der Waals surface area contributed by atoms with Crippen molar-refractivity contribution in [3.63, 3.8) is 0 Å². The van der Waals surface area contributed by atoms with E-state index in [2.05, 4.69) is 15.4 Å². The van der Waals surface area contributed by atoms with Gasteiger partial charge in [0, 0.05) is 0 Å². The molecule has 6 nitrogen and oxygen atoms in total. The minimum atomic E-state index is -1.12. The van der Waals surface area contributed by atoms with Crippen LogP contribution in [0, 0.1) is 0 Å². The van der Waals surface area contributed by atoms with Gasteiger partial charge in [0.25, 0.3) is 0 Å². The summed E-state index contributed by atoms with van der Waals surface area (Å²) in [6.45, 7) is 0.0716. The molecule has 0 aliphatic rings. The minimum Gasteiger partial charge on any atom is -0.487 e. The second-order valence-electron chi connectivity index (χ2n) is 3.03. The molecule has 0 atom stereocenters. The van der Waals surface area contributed by atoms with E-state index in [0.29, 0.717) is 5.75 Å². The van der Waals surface area contributed by atoms with Crippen molar-refractivity contribution in [2.75, 3.05) is 0 Å². The highest BCUT2D eigenvalue weighted by Crippen LogP contribution is 2.11. The highest BCUT2D eigenvalue weighted by Gasteiger charge is 2.15. The van der Waals surface area contributed by atoms with Crippen molar-refractivity contribution in [2.45, 2.75) is 6.61 Å². The monoisotopic (exact) mass is 219 g/mol. The molecule has 0 aliphatic heterocycles. The summed E-state index contributed by atoms with van der Waals surface area (Å²) in [5.74, 6) is -0.470. The normalized spacial score (nSPS) is 10.0. The van der Waals surface area contributed by atoms with Gasteiger partial charge < -0.3 is 9.84 Å².